The highest BCUT2D eigenvalue weighted by molar-refractivity contribution is 5.89. The highest BCUT2D eigenvalue weighted by Crippen LogP contribution is 2.28. The summed E-state index contributed by atoms with van der Waals surface area (Å²) in [5, 5.41) is 8.49. The van der Waals surface area contributed by atoms with Gasteiger partial charge in [-0.1, -0.05) is 20.8 Å². The lowest BCUT2D eigenvalue weighted by Crippen LogP contribution is -2.41. The van der Waals surface area contributed by atoms with Crippen molar-refractivity contribution in [2.24, 2.45) is 11.1 Å². The van der Waals surface area contributed by atoms with Crippen molar-refractivity contribution >= 4 is 11.8 Å². The number of ketones is 1. The van der Waals surface area contributed by atoms with Crippen LogP contribution in [0.5, 0.6) is 0 Å². The molecule has 0 aliphatic rings. The number of nitrogens with two attached hydrogens (primary N) is 1. The van der Waals surface area contributed by atoms with Crippen LogP contribution in [0.2, 0.25) is 0 Å². The molecule has 0 radical (unpaired) electrons. The van der Waals surface area contributed by atoms with Gasteiger partial charge in [-0.15, -0.1) is 0 Å². The van der Waals surface area contributed by atoms with Crippen LogP contribution in [-0.4, -0.2) is 22.9 Å². The molecule has 4 nitrogen and oxygen atoms in total. The first-order chi connectivity index (χ1) is 6.87. The van der Waals surface area contributed by atoms with Gasteiger partial charge in [-0.2, -0.15) is 0 Å². The molecule has 1 atom stereocenters. The SMILES string of the molecule is CCC(C)(CC)C(=O)C(N)CCC(=O)O. The Morgan fingerprint density at radius 1 is 1.33 bits per heavy atom. The third-order valence-corrected chi connectivity index (χ3v) is 3.16. The number of carboxylic acid groups (broad SMARTS) is 1. The molecule has 4 heteroatoms. The van der Waals surface area contributed by atoms with Crippen LogP contribution in [0, 0.1) is 5.41 Å². The molecule has 0 bridgehead atoms. The quantitative estimate of drug-likeness (QED) is 0.675. The number of hydrogen-bond acceptors (Lipinski definition) is 3. The van der Waals surface area contributed by atoms with E-state index in [2.05, 4.69) is 0 Å². The third-order valence-electron chi connectivity index (χ3n) is 3.16. The number of hydrogen-bond donors (Lipinski definition) is 2. The summed E-state index contributed by atoms with van der Waals surface area (Å²) in [5.41, 5.74) is 5.29. The highest BCUT2D eigenvalue weighted by atomic mass is 16.4. The van der Waals surface area contributed by atoms with Gasteiger partial charge >= 0.3 is 5.97 Å². The van der Waals surface area contributed by atoms with Gasteiger partial charge in [0, 0.05) is 11.8 Å². The summed E-state index contributed by atoms with van der Waals surface area (Å²) in [4.78, 5) is 22.3. The van der Waals surface area contributed by atoms with Gasteiger partial charge in [-0.25, -0.2) is 0 Å². The van der Waals surface area contributed by atoms with Gasteiger partial charge in [0.15, 0.2) is 5.78 Å². The predicted octanol–water partition coefficient (Wildman–Crippen LogP) is 1.57. The monoisotopic (exact) mass is 215 g/mol. The maximum Gasteiger partial charge on any atom is 0.303 e. The summed E-state index contributed by atoms with van der Waals surface area (Å²) >= 11 is 0. The number of carbonyl (C=O) groups excluding carboxylic acids is 1. The van der Waals surface area contributed by atoms with E-state index in [9.17, 15) is 9.59 Å². The van der Waals surface area contributed by atoms with E-state index in [-0.39, 0.29) is 18.6 Å². The minimum Gasteiger partial charge on any atom is -0.481 e. The van der Waals surface area contributed by atoms with Gasteiger partial charge in [-0.05, 0) is 19.3 Å². The van der Waals surface area contributed by atoms with Crippen molar-refractivity contribution in [1.82, 2.24) is 0 Å². The molecule has 3 N–H and O–H groups in total. The molecule has 15 heavy (non-hydrogen) atoms. The largest absolute Gasteiger partial charge is 0.481 e. The maximum absolute atomic E-state index is 11.9. The Hall–Kier alpha value is -0.900. The number of carbonyl (C=O) groups is 2. The highest BCUT2D eigenvalue weighted by Gasteiger charge is 2.32. The molecular formula is C11H21NO3. The molecule has 0 aromatic heterocycles. The maximum atomic E-state index is 11.9. The molecule has 0 spiro atoms. The van der Waals surface area contributed by atoms with Crippen molar-refractivity contribution in [1.29, 1.82) is 0 Å². The number of aliphatic carboxylic acids is 1. The Bertz CT molecular complexity index is 234. The minimum absolute atomic E-state index is 0.0197. The van der Waals surface area contributed by atoms with E-state index < -0.39 is 17.4 Å². The van der Waals surface area contributed by atoms with Crippen molar-refractivity contribution in [3.63, 3.8) is 0 Å². The standard InChI is InChI=1S/C11H21NO3/c1-4-11(3,5-2)10(15)8(12)6-7-9(13)14/h8H,4-7,12H2,1-3H3,(H,13,14). The van der Waals surface area contributed by atoms with Crippen molar-refractivity contribution in [3.8, 4) is 0 Å². The molecule has 0 aliphatic heterocycles. The Kier molecular flexibility index (Phi) is 5.50. The van der Waals surface area contributed by atoms with Crippen LogP contribution < -0.4 is 5.73 Å². The summed E-state index contributed by atoms with van der Waals surface area (Å²) in [6, 6.07) is -0.647. The summed E-state index contributed by atoms with van der Waals surface area (Å²) in [7, 11) is 0. The van der Waals surface area contributed by atoms with Crippen LogP contribution in [-0.2, 0) is 9.59 Å². The van der Waals surface area contributed by atoms with Crippen LogP contribution in [0.15, 0.2) is 0 Å². The Morgan fingerprint density at radius 2 is 1.80 bits per heavy atom. The zero-order valence-corrected chi connectivity index (χ0v) is 9.75. The second-order valence-electron chi connectivity index (χ2n) is 4.17. The van der Waals surface area contributed by atoms with Crippen molar-refractivity contribution in [2.45, 2.75) is 52.5 Å². The molecular weight excluding hydrogens is 194 g/mol. The Labute approximate surface area is 90.8 Å². The minimum atomic E-state index is -0.909. The molecule has 0 aromatic rings. The summed E-state index contributed by atoms with van der Waals surface area (Å²) in [5.74, 6) is -0.929. The van der Waals surface area contributed by atoms with E-state index in [1.807, 2.05) is 20.8 Å². The second-order valence-corrected chi connectivity index (χ2v) is 4.17. The van der Waals surface area contributed by atoms with Gasteiger partial charge in [0.05, 0.1) is 6.04 Å². The fraction of sp³-hybridized carbons (Fsp3) is 0.818. The molecule has 0 aromatic carbocycles. The molecule has 0 fully saturated rings. The lowest BCUT2D eigenvalue weighted by atomic mass is 9.77. The van der Waals surface area contributed by atoms with E-state index in [4.69, 9.17) is 10.8 Å². The zero-order valence-electron chi connectivity index (χ0n) is 9.75. The first-order valence-electron chi connectivity index (χ1n) is 5.39. The average molecular weight is 215 g/mol. The van der Waals surface area contributed by atoms with Gasteiger partial charge in [0.2, 0.25) is 0 Å². The molecule has 0 amide bonds. The molecule has 0 aliphatic carbocycles. The predicted molar refractivity (Wildman–Crippen MR) is 58.5 cm³/mol. The van der Waals surface area contributed by atoms with Gasteiger partial charge in [0.1, 0.15) is 0 Å². The molecule has 0 saturated heterocycles. The van der Waals surface area contributed by atoms with E-state index in [0.29, 0.717) is 0 Å². The third kappa shape index (κ3) is 4.00. The first kappa shape index (κ1) is 14.1. The van der Waals surface area contributed by atoms with Gasteiger partial charge in [0.25, 0.3) is 0 Å². The number of rotatable bonds is 7. The zero-order chi connectivity index (χ0) is 12.1. The fourth-order valence-corrected chi connectivity index (χ4v) is 1.46. The first-order valence-corrected chi connectivity index (χ1v) is 5.39. The molecule has 1 unspecified atom stereocenters. The normalized spacial score (nSPS) is 13.6. The number of carboxylic acids is 1. The number of Topliss-reactive ketones (excluding diaryl/α,β-unsaturated/α-hetero) is 1. The van der Waals surface area contributed by atoms with Crippen molar-refractivity contribution < 1.29 is 14.7 Å². The van der Waals surface area contributed by atoms with E-state index in [1.165, 1.54) is 0 Å². The van der Waals surface area contributed by atoms with E-state index in [1.54, 1.807) is 0 Å². The smallest absolute Gasteiger partial charge is 0.303 e. The molecule has 88 valence electrons. The summed E-state index contributed by atoms with van der Waals surface area (Å²) < 4.78 is 0. The van der Waals surface area contributed by atoms with Crippen LogP contribution >= 0.6 is 0 Å². The van der Waals surface area contributed by atoms with Crippen LogP contribution in [0.3, 0.4) is 0 Å². The average Bonchev–Trinajstić information content (AvgIpc) is 2.23. The molecule has 0 heterocycles. The van der Waals surface area contributed by atoms with E-state index >= 15 is 0 Å². The lowest BCUT2D eigenvalue weighted by Gasteiger charge is -2.27. The van der Waals surface area contributed by atoms with Crippen LogP contribution in [0.4, 0.5) is 0 Å². The van der Waals surface area contributed by atoms with Crippen molar-refractivity contribution in [2.75, 3.05) is 0 Å². The van der Waals surface area contributed by atoms with Gasteiger partial charge < -0.3 is 10.8 Å². The van der Waals surface area contributed by atoms with Crippen LogP contribution in [0.25, 0.3) is 0 Å². The fourth-order valence-electron chi connectivity index (χ4n) is 1.46. The summed E-state index contributed by atoms with van der Waals surface area (Å²) in [6.45, 7) is 5.78. The topological polar surface area (TPSA) is 80.4 Å². The van der Waals surface area contributed by atoms with Crippen LogP contribution in [0.1, 0.15) is 46.5 Å². The van der Waals surface area contributed by atoms with Gasteiger partial charge in [-0.3, -0.25) is 9.59 Å². The Balaban J connectivity index is 4.36. The Morgan fingerprint density at radius 3 is 2.13 bits per heavy atom. The van der Waals surface area contributed by atoms with E-state index in [0.717, 1.165) is 12.8 Å². The molecule has 0 rings (SSSR count). The molecule has 0 saturated carbocycles. The lowest BCUT2D eigenvalue weighted by molar-refractivity contribution is -0.137. The van der Waals surface area contributed by atoms with Crippen molar-refractivity contribution in [3.05, 3.63) is 0 Å². The summed E-state index contributed by atoms with van der Waals surface area (Å²) in [6.07, 6.45) is 1.66. The second kappa shape index (κ2) is 5.85.